The fourth-order valence-electron chi connectivity index (χ4n) is 1.16. The van der Waals surface area contributed by atoms with Crippen LogP contribution < -0.4 is 5.73 Å². The Bertz CT molecular complexity index is 130. The molecule has 11 heavy (non-hydrogen) atoms. The summed E-state index contributed by atoms with van der Waals surface area (Å²) in [5.74, 6) is -2.51. The van der Waals surface area contributed by atoms with Crippen molar-refractivity contribution in [2.45, 2.75) is 50.5 Å². The molecule has 1 fully saturated rings. The zero-order valence-corrected chi connectivity index (χ0v) is 6.87. The fraction of sp³-hybridized carbons (Fsp3) is 1.00. The van der Waals surface area contributed by atoms with Gasteiger partial charge in [-0.1, -0.05) is 0 Å². The van der Waals surface area contributed by atoms with E-state index in [4.69, 9.17) is 5.73 Å². The molecule has 1 saturated carbocycles. The van der Waals surface area contributed by atoms with E-state index in [0.29, 0.717) is 6.42 Å². The Morgan fingerprint density at radius 2 is 2.00 bits per heavy atom. The summed E-state index contributed by atoms with van der Waals surface area (Å²) >= 11 is 0. The van der Waals surface area contributed by atoms with E-state index in [0.717, 1.165) is 26.2 Å². The van der Waals surface area contributed by atoms with Gasteiger partial charge < -0.3 is 5.73 Å². The quantitative estimate of drug-likeness (QED) is 0.676. The number of halogens is 2. The van der Waals surface area contributed by atoms with Crippen LogP contribution in [0.15, 0.2) is 0 Å². The summed E-state index contributed by atoms with van der Waals surface area (Å²) in [5.41, 5.74) is 5.67. The minimum Gasteiger partial charge on any atom is -0.325 e. The van der Waals surface area contributed by atoms with Gasteiger partial charge in [0.15, 0.2) is 0 Å². The largest absolute Gasteiger partial charge is 0.325 e. The maximum Gasteiger partial charge on any atom is 0.245 e. The molecular weight excluding hydrogens is 148 g/mol. The zero-order chi connectivity index (χ0) is 8.54. The first-order valence-corrected chi connectivity index (χ1v) is 4.08. The predicted molar refractivity (Wildman–Crippen MR) is 40.6 cm³/mol. The molecule has 3 heteroatoms. The first-order chi connectivity index (χ1) is 4.91. The van der Waals surface area contributed by atoms with Crippen LogP contribution in [0.5, 0.6) is 0 Å². The maximum absolute atomic E-state index is 12.3. The number of nitrogens with two attached hydrogens (primary N) is 1. The summed E-state index contributed by atoms with van der Waals surface area (Å²) in [6.07, 6.45) is 3.33. The lowest BCUT2D eigenvalue weighted by Crippen LogP contribution is -2.22. The van der Waals surface area contributed by atoms with E-state index < -0.39 is 5.92 Å². The zero-order valence-electron chi connectivity index (χ0n) is 6.87. The van der Waals surface area contributed by atoms with Crippen LogP contribution in [0.3, 0.4) is 0 Å². The molecule has 0 radical (unpaired) electrons. The lowest BCUT2D eigenvalue weighted by atomic mass is 10.1. The minimum atomic E-state index is -2.51. The third-order valence-electron chi connectivity index (χ3n) is 2.18. The van der Waals surface area contributed by atoms with E-state index in [9.17, 15) is 8.78 Å². The van der Waals surface area contributed by atoms with Crippen LogP contribution in [0.1, 0.15) is 39.0 Å². The molecule has 0 aromatic rings. The summed E-state index contributed by atoms with van der Waals surface area (Å²) in [5, 5.41) is 0. The normalized spacial score (nSPS) is 21.8. The standard InChI is InChI=1S/C8H15F2N/c1-7(9,10)3-2-4-8(11)5-6-8/h2-6,11H2,1H3. The van der Waals surface area contributed by atoms with Crippen molar-refractivity contribution in [2.75, 3.05) is 0 Å². The molecule has 66 valence electrons. The number of hydrogen-bond acceptors (Lipinski definition) is 1. The maximum atomic E-state index is 12.3. The molecule has 0 aromatic carbocycles. The van der Waals surface area contributed by atoms with Crippen molar-refractivity contribution in [3.8, 4) is 0 Å². The molecular formula is C8H15F2N. The third kappa shape index (κ3) is 3.65. The molecule has 0 aromatic heterocycles. The van der Waals surface area contributed by atoms with Gasteiger partial charge in [0.1, 0.15) is 0 Å². The Labute approximate surface area is 66.0 Å². The Morgan fingerprint density at radius 3 is 2.36 bits per heavy atom. The molecule has 1 nitrogen and oxygen atoms in total. The predicted octanol–water partition coefficient (Wildman–Crippen LogP) is 2.30. The third-order valence-corrected chi connectivity index (χ3v) is 2.18. The van der Waals surface area contributed by atoms with Crippen molar-refractivity contribution in [1.82, 2.24) is 0 Å². The van der Waals surface area contributed by atoms with E-state index >= 15 is 0 Å². The highest BCUT2D eigenvalue weighted by atomic mass is 19.3. The van der Waals surface area contributed by atoms with Crippen LogP contribution in [0.25, 0.3) is 0 Å². The molecule has 1 aliphatic carbocycles. The minimum absolute atomic E-state index is 0.0219. The molecule has 0 unspecified atom stereocenters. The SMILES string of the molecule is CC(F)(F)CCCC1(N)CC1. The number of alkyl halides is 2. The van der Waals surface area contributed by atoms with Crippen LogP contribution in [0.2, 0.25) is 0 Å². The van der Waals surface area contributed by atoms with E-state index in [1.54, 1.807) is 0 Å². The average Bonchev–Trinajstić information content (AvgIpc) is 2.44. The smallest absolute Gasteiger partial charge is 0.245 e. The van der Waals surface area contributed by atoms with Crippen molar-refractivity contribution >= 4 is 0 Å². The van der Waals surface area contributed by atoms with Crippen LogP contribution in [0, 0.1) is 0 Å². The summed E-state index contributed by atoms with van der Waals surface area (Å²) < 4.78 is 24.6. The van der Waals surface area contributed by atoms with Crippen molar-refractivity contribution in [3.63, 3.8) is 0 Å². The second-order valence-electron chi connectivity index (χ2n) is 3.79. The molecule has 0 heterocycles. The highest BCUT2D eigenvalue weighted by Gasteiger charge is 2.37. The molecule has 0 amide bonds. The highest BCUT2D eigenvalue weighted by molar-refractivity contribution is 4.98. The van der Waals surface area contributed by atoms with E-state index in [1.807, 2.05) is 0 Å². The summed E-state index contributed by atoms with van der Waals surface area (Å²) in [7, 11) is 0. The molecule has 0 bridgehead atoms. The lowest BCUT2D eigenvalue weighted by Gasteiger charge is -2.11. The van der Waals surface area contributed by atoms with E-state index in [1.165, 1.54) is 0 Å². The molecule has 2 N–H and O–H groups in total. The van der Waals surface area contributed by atoms with Gasteiger partial charge in [0.25, 0.3) is 0 Å². The van der Waals surface area contributed by atoms with Gasteiger partial charge in [-0.05, 0) is 32.6 Å². The van der Waals surface area contributed by atoms with Crippen LogP contribution in [-0.4, -0.2) is 11.5 Å². The Kier molecular flexibility index (Phi) is 2.19. The Hall–Kier alpha value is -0.180. The molecule has 0 aliphatic heterocycles. The van der Waals surface area contributed by atoms with Crippen LogP contribution in [0.4, 0.5) is 8.78 Å². The molecule has 0 saturated heterocycles. The van der Waals surface area contributed by atoms with Gasteiger partial charge in [-0.2, -0.15) is 0 Å². The van der Waals surface area contributed by atoms with E-state index in [2.05, 4.69) is 0 Å². The van der Waals surface area contributed by atoms with Crippen molar-refractivity contribution in [2.24, 2.45) is 5.73 Å². The fourth-order valence-corrected chi connectivity index (χ4v) is 1.16. The molecule has 1 rings (SSSR count). The molecule has 0 atom stereocenters. The average molecular weight is 163 g/mol. The second-order valence-corrected chi connectivity index (χ2v) is 3.79. The van der Waals surface area contributed by atoms with E-state index in [-0.39, 0.29) is 12.0 Å². The molecule has 0 spiro atoms. The van der Waals surface area contributed by atoms with Crippen molar-refractivity contribution in [1.29, 1.82) is 0 Å². The van der Waals surface area contributed by atoms with Crippen LogP contribution in [-0.2, 0) is 0 Å². The van der Waals surface area contributed by atoms with Gasteiger partial charge in [-0.25, -0.2) is 8.78 Å². The van der Waals surface area contributed by atoms with Gasteiger partial charge in [0, 0.05) is 12.0 Å². The number of hydrogen-bond donors (Lipinski definition) is 1. The van der Waals surface area contributed by atoms with Gasteiger partial charge in [-0.15, -0.1) is 0 Å². The van der Waals surface area contributed by atoms with Crippen molar-refractivity contribution < 1.29 is 8.78 Å². The highest BCUT2D eigenvalue weighted by Crippen LogP contribution is 2.37. The summed E-state index contributed by atoms with van der Waals surface area (Å²) in [6.45, 7) is 0.961. The van der Waals surface area contributed by atoms with Crippen LogP contribution >= 0.6 is 0 Å². The molecule has 1 aliphatic rings. The van der Waals surface area contributed by atoms with Gasteiger partial charge in [0.2, 0.25) is 5.92 Å². The first kappa shape index (κ1) is 8.91. The van der Waals surface area contributed by atoms with Gasteiger partial charge in [0.05, 0.1) is 0 Å². The van der Waals surface area contributed by atoms with Gasteiger partial charge >= 0.3 is 0 Å². The lowest BCUT2D eigenvalue weighted by molar-refractivity contribution is 0.00994. The number of rotatable bonds is 4. The Balaban J connectivity index is 2.05. The topological polar surface area (TPSA) is 26.0 Å². The summed E-state index contributed by atoms with van der Waals surface area (Å²) in [6, 6.07) is 0. The van der Waals surface area contributed by atoms with Crippen molar-refractivity contribution in [3.05, 3.63) is 0 Å². The summed E-state index contributed by atoms with van der Waals surface area (Å²) in [4.78, 5) is 0. The first-order valence-electron chi connectivity index (χ1n) is 4.08. The second kappa shape index (κ2) is 2.70. The Morgan fingerprint density at radius 1 is 1.45 bits per heavy atom. The van der Waals surface area contributed by atoms with Gasteiger partial charge in [-0.3, -0.25) is 0 Å². The monoisotopic (exact) mass is 163 g/mol.